The first-order chi connectivity index (χ1) is 14.3. The van der Waals surface area contributed by atoms with Crippen molar-refractivity contribution in [2.75, 3.05) is 18.0 Å². The molecule has 8 nitrogen and oxygen atoms in total. The second kappa shape index (κ2) is 7.98. The fourth-order valence-corrected chi connectivity index (χ4v) is 3.70. The van der Waals surface area contributed by atoms with Gasteiger partial charge in [0.05, 0.1) is 0 Å². The molecule has 31 heavy (non-hydrogen) atoms. The predicted molar refractivity (Wildman–Crippen MR) is 94.6 cm³/mol. The number of amidine groups is 1. The number of aromatic nitrogens is 2. The third-order valence-corrected chi connectivity index (χ3v) is 5.23. The monoisotopic (exact) mass is 452 g/mol. The number of aliphatic hydroxyl groups excluding tert-OH is 1. The Kier molecular flexibility index (Phi) is 5.86. The highest BCUT2D eigenvalue weighted by molar-refractivity contribution is 6.11. The molecule has 0 saturated carbocycles. The van der Waals surface area contributed by atoms with Gasteiger partial charge < -0.3 is 21.1 Å². The minimum atomic E-state index is -5.01. The van der Waals surface area contributed by atoms with Gasteiger partial charge in [0.15, 0.2) is 0 Å². The first kappa shape index (κ1) is 22.8. The van der Waals surface area contributed by atoms with Crippen molar-refractivity contribution < 1.29 is 36.2 Å². The fraction of sp³-hybridized carbons (Fsp3) is 0.529. The Morgan fingerprint density at radius 3 is 2.39 bits per heavy atom. The smallest absolute Gasteiger partial charge is 0.401 e. The Hall–Kier alpha value is -2.90. The zero-order valence-corrected chi connectivity index (χ0v) is 15.8. The number of hydrogen-bond acceptors (Lipinski definition) is 7. The molecule has 0 aromatic carbocycles. The Labute approximate surface area is 171 Å². The quantitative estimate of drug-likeness (QED) is 0.505. The standard InChI is InChI=1S/C17H18F6N6O2/c18-16(19,20)10-9(13(25)28-14(31)12(10)30)11(24)7-2-5-29(6-3-7)8-1-4-26-15(27-8)17(21,22)23/h1,4,7,10,12,30H,2-3,5-6,24H2,(H2,25,28,31)/t10-,12-/m1/s1. The van der Waals surface area contributed by atoms with Gasteiger partial charge in [-0.15, -0.1) is 0 Å². The van der Waals surface area contributed by atoms with E-state index >= 15 is 0 Å². The van der Waals surface area contributed by atoms with Crippen molar-refractivity contribution >= 4 is 17.6 Å². The molecule has 0 bridgehead atoms. The summed E-state index contributed by atoms with van der Waals surface area (Å²) in [6, 6.07) is 1.29. The van der Waals surface area contributed by atoms with Crippen molar-refractivity contribution in [2.45, 2.75) is 31.3 Å². The molecule has 3 heterocycles. The summed E-state index contributed by atoms with van der Waals surface area (Å²) in [5.74, 6) is -6.73. The molecular formula is C17H18F6N6O2. The molecule has 14 heteroatoms. The van der Waals surface area contributed by atoms with Crippen LogP contribution in [0.15, 0.2) is 23.5 Å². The van der Waals surface area contributed by atoms with E-state index in [2.05, 4.69) is 9.97 Å². The van der Waals surface area contributed by atoms with Gasteiger partial charge >= 0.3 is 12.4 Å². The molecule has 3 rings (SSSR count). The van der Waals surface area contributed by atoms with Gasteiger partial charge in [-0.2, -0.15) is 26.3 Å². The van der Waals surface area contributed by atoms with Crippen molar-refractivity contribution in [1.82, 2.24) is 15.3 Å². The van der Waals surface area contributed by atoms with Gasteiger partial charge in [0.2, 0.25) is 5.82 Å². The molecule has 1 amide bonds. The predicted octanol–water partition coefficient (Wildman–Crippen LogP) is 1.57. The minimum absolute atomic E-state index is 0.0215. The highest BCUT2D eigenvalue weighted by Gasteiger charge is 2.54. The highest BCUT2D eigenvalue weighted by Crippen LogP contribution is 2.40. The molecule has 0 spiro atoms. The van der Waals surface area contributed by atoms with E-state index in [-0.39, 0.29) is 37.4 Å². The maximum Gasteiger partial charge on any atom is 0.451 e. The number of hydrogen-bond donors (Lipinski definition) is 4. The third kappa shape index (κ3) is 4.57. The largest absolute Gasteiger partial charge is 0.451 e. The number of anilines is 1. The molecule has 2 aliphatic heterocycles. The lowest BCUT2D eigenvalue weighted by Gasteiger charge is -2.37. The molecule has 0 unspecified atom stereocenters. The first-order valence-electron chi connectivity index (χ1n) is 9.10. The van der Waals surface area contributed by atoms with E-state index in [9.17, 15) is 36.2 Å². The molecule has 2 fully saturated rings. The van der Waals surface area contributed by atoms with Crippen molar-refractivity contribution in [2.24, 2.45) is 17.6 Å². The van der Waals surface area contributed by atoms with Gasteiger partial charge in [0.25, 0.3) is 5.91 Å². The number of halogens is 6. The summed E-state index contributed by atoms with van der Waals surface area (Å²) in [5.41, 5.74) is 4.97. The maximum absolute atomic E-state index is 13.5. The summed E-state index contributed by atoms with van der Waals surface area (Å²) in [6.07, 6.45) is -10.9. The summed E-state index contributed by atoms with van der Waals surface area (Å²) < 4.78 is 78.9. The molecule has 2 aliphatic rings. The highest BCUT2D eigenvalue weighted by atomic mass is 19.4. The number of nitrogens with two attached hydrogens (primary N) is 1. The fourth-order valence-electron chi connectivity index (χ4n) is 3.70. The zero-order chi connectivity index (χ0) is 23.1. The number of nitrogens with one attached hydrogen (secondary N) is 2. The van der Waals surface area contributed by atoms with Crippen LogP contribution in [0, 0.1) is 17.2 Å². The molecule has 2 saturated heterocycles. The lowest BCUT2D eigenvalue weighted by molar-refractivity contribution is -0.191. The topological polar surface area (TPSA) is 128 Å². The van der Waals surface area contributed by atoms with Crippen molar-refractivity contribution in [3.8, 4) is 0 Å². The van der Waals surface area contributed by atoms with E-state index in [1.165, 1.54) is 11.0 Å². The summed E-state index contributed by atoms with van der Waals surface area (Å²) in [6.45, 7) is 0.289. The second-order valence-electron chi connectivity index (χ2n) is 7.19. The van der Waals surface area contributed by atoms with E-state index in [0.717, 1.165) is 6.20 Å². The number of carbonyl (C=O) groups excluding carboxylic acids is 1. The van der Waals surface area contributed by atoms with Crippen LogP contribution >= 0.6 is 0 Å². The van der Waals surface area contributed by atoms with Gasteiger partial charge in [-0.05, 0) is 18.9 Å². The second-order valence-corrected chi connectivity index (χ2v) is 7.19. The SMILES string of the molecule is N=C1NC(=O)[C@H](O)[C@H](C(F)(F)F)C1=C(N)C1CCN(c2ccnc(C(F)(F)F)n2)CC1. The summed E-state index contributed by atoms with van der Waals surface area (Å²) in [7, 11) is 0. The van der Waals surface area contributed by atoms with Crippen LogP contribution in [0.5, 0.6) is 0 Å². The van der Waals surface area contributed by atoms with Crippen LogP contribution < -0.4 is 16.0 Å². The number of rotatable bonds is 2. The number of nitrogens with zero attached hydrogens (tertiary/aromatic N) is 3. The summed E-state index contributed by atoms with van der Waals surface area (Å²) in [4.78, 5) is 19.7. The Morgan fingerprint density at radius 2 is 1.84 bits per heavy atom. The first-order valence-corrected chi connectivity index (χ1v) is 9.10. The molecule has 2 atom stereocenters. The van der Waals surface area contributed by atoms with Gasteiger partial charge in [-0.3, -0.25) is 10.2 Å². The van der Waals surface area contributed by atoms with Crippen LogP contribution in [0.2, 0.25) is 0 Å². The van der Waals surface area contributed by atoms with Crippen LogP contribution in [-0.4, -0.2) is 52.2 Å². The van der Waals surface area contributed by atoms with Crippen molar-refractivity contribution in [1.29, 1.82) is 5.41 Å². The zero-order valence-electron chi connectivity index (χ0n) is 15.8. The van der Waals surface area contributed by atoms with Crippen molar-refractivity contribution in [3.63, 3.8) is 0 Å². The van der Waals surface area contributed by atoms with E-state index in [4.69, 9.17) is 11.1 Å². The van der Waals surface area contributed by atoms with Crippen LogP contribution in [0.1, 0.15) is 18.7 Å². The molecule has 1 aromatic heterocycles. The Morgan fingerprint density at radius 1 is 1.23 bits per heavy atom. The number of alkyl halides is 6. The van der Waals surface area contributed by atoms with Gasteiger partial charge in [0.1, 0.15) is 23.7 Å². The van der Waals surface area contributed by atoms with E-state index in [1.807, 2.05) is 5.32 Å². The minimum Gasteiger partial charge on any atom is -0.401 e. The average Bonchev–Trinajstić information content (AvgIpc) is 2.68. The van der Waals surface area contributed by atoms with Gasteiger partial charge in [-0.1, -0.05) is 0 Å². The third-order valence-electron chi connectivity index (χ3n) is 5.23. The lowest BCUT2D eigenvalue weighted by atomic mass is 9.81. The molecule has 1 aromatic rings. The van der Waals surface area contributed by atoms with Gasteiger partial charge in [-0.25, -0.2) is 9.97 Å². The van der Waals surface area contributed by atoms with Crippen LogP contribution in [0.25, 0.3) is 0 Å². The normalized spacial score (nSPS) is 25.5. The molecule has 5 N–H and O–H groups in total. The van der Waals surface area contributed by atoms with Crippen LogP contribution in [0.3, 0.4) is 0 Å². The van der Waals surface area contributed by atoms with Gasteiger partial charge in [0, 0.05) is 36.5 Å². The van der Waals surface area contributed by atoms with Crippen LogP contribution in [-0.2, 0) is 11.0 Å². The Bertz CT molecular complexity index is 907. The summed E-state index contributed by atoms with van der Waals surface area (Å²) in [5, 5.41) is 19.4. The number of piperidine rings is 2. The number of allylic oxidation sites excluding steroid dienone is 1. The number of carbonyl (C=O) groups is 1. The molecule has 0 radical (unpaired) electrons. The molecular weight excluding hydrogens is 434 g/mol. The number of amides is 1. The summed E-state index contributed by atoms with van der Waals surface area (Å²) >= 11 is 0. The lowest BCUT2D eigenvalue weighted by Crippen LogP contribution is -2.56. The van der Waals surface area contributed by atoms with E-state index in [1.54, 1.807) is 0 Å². The average molecular weight is 452 g/mol. The maximum atomic E-state index is 13.5. The molecule has 170 valence electrons. The Balaban J connectivity index is 1.82. The van der Waals surface area contributed by atoms with Crippen molar-refractivity contribution in [3.05, 3.63) is 29.4 Å². The van der Waals surface area contributed by atoms with Crippen LogP contribution in [0.4, 0.5) is 32.2 Å². The van der Waals surface area contributed by atoms with E-state index in [0.29, 0.717) is 0 Å². The molecule has 0 aliphatic carbocycles. The van der Waals surface area contributed by atoms with E-state index < -0.39 is 53.4 Å². The number of aliphatic hydroxyl groups is 1.